The number of hydrogen-bond donors (Lipinski definition) is 1. The van der Waals surface area contributed by atoms with E-state index in [0.29, 0.717) is 0 Å². The zero-order valence-corrected chi connectivity index (χ0v) is 7.54. The monoisotopic (exact) mass is 171 g/mol. The fraction of sp³-hybridized carbons (Fsp3) is 0.625. The molecule has 3 heteroatoms. The summed E-state index contributed by atoms with van der Waals surface area (Å²) in [6.07, 6.45) is 3.83. The molecule has 0 aromatic carbocycles. The van der Waals surface area contributed by atoms with Crippen molar-refractivity contribution in [2.45, 2.75) is 19.8 Å². The zero-order valence-electron chi connectivity index (χ0n) is 6.72. The van der Waals surface area contributed by atoms with Gasteiger partial charge in [-0.25, -0.2) is 0 Å². The zero-order chi connectivity index (χ0) is 8.10. The summed E-state index contributed by atoms with van der Waals surface area (Å²) >= 11 is 5.03. The molecular formula is C8H13NOS. The molecule has 11 heavy (non-hydrogen) atoms. The minimum absolute atomic E-state index is 0.784. The van der Waals surface area contributed by atoms with Gasteiger partial charge in [-0.3, -0.25) is 0 Å². The summed E-state index contributed by atoms with van der Waals surface area (Å²) in [5.41, 5.74) is 1.13. The Morgan fingerprint density at radius 2 is 2.55 bits per heavy atom. The van der Waals surface area contributed by atoms with Crippen LogP contribution >= 0.6 is 12.2 Å². The molecular weight excluding hydrogens is 158 g/mol. The number of hydrogen-bond acceptors (Lipinski definition) is 2. The van der Waals surface area contributed by atoms with Crippen molar-refractivity contribution in [1.29, 1.82) is 0 Å². The van der Waals surface area contributed by atoms with Crippen LogP contribution in [0.3, 0.4) is 0 Å². The number of ether oxygens (including phenoxy) is 1. The van der Waals surface area contributed by atoms with Crippen molar-refractivity contribution >= 4 is 17.2 Å². The first-order valence-corrected chi connectivity index (χ1v) is 4.34. The fourth-order valence-corrected chi connectivity index (χ4v) is 1.18. The molecule has 0 aliphatic carbocycles. The predicted molar refractivity (Wildman–Crippen MR) is 49.5 cm³/mol. The minimum Gasteiger partial charge on any atom is -0.501 e. The van der Waals surface area contributed by atoms with Gasteiger partial charge in [0, 0.05) is 12.1 Å². The van der Waals surface area contributed by atoms with Crippen molar-refractivity contribution in [3.8, 4) is 0 Å². The molecule has 1 saturated heterocycles. The van der Waals surface area contributed by atoms with Gasteiger partial charge in [-0.1, -0.05) is 19.1 Å². The van der Waals surface area contributed by atoms with E-state index in [-0.39, 0.29) is 0 Å². The molecule has 62 valence electrons. The lowest BCUT2D eigenvalue weighted by atomic mass is 10.3. The summed E-state index contributed by atoms with van der Waals surface area (Å²) in [5, 5.41) is 3.08. The van der Waals surface area contributed by atoms with Crippen LogP contribution < -0.4 is 5.32 Å². The van der Waals surface area contributed by atoms with Gasteiger partial charge in [0.2, 0.25) is 0 Å². The largest absolute Gasteiger partial charge is 0.501 e. The third-order valence-electron chi connectivity index (χ3n) is 1.52. The van der Waals surface area contributed by atoms with Gasteiger partial charge < -0.3 is 10.1 Å². The van der Waals surface area contributed by atoms with Crippen LogP contribution in [0.2, 0.25) is 0 Å². The van der Waals surface area contributed by atoms with Crippen LogP contribution in [0.4, 0.5) is 0 Å². The van der Waals surface area contributed by atoms with E-state index in [4.69, 9.17) is 17.0 Å². The van der Waals surface area contributed by atoms with E-state index in [9.17, 15) is 0 Å². The molecule has 1 aliphatic rings. The molecule has 1 heterocycles. The van der Waals surface area contributed by atoms with Gasteiger partial charge in [0.1, 0.15) is 4.99 Å². The first-order valence-electron chi connectivity index (χ1n) is 3.93. The average molecular weight is 171 g/mol. The first kappa shape index (κ1) is 8.53. The Balaban J connectivity index is 2.33. The molecule has 1 rings (SSSR count). The Hall–Kier alpha value is -0.570. The van der Waals surface area contributed by atoms with E-state index in [1.54, 1.807) is 6.26 Å². The second-order valence-corrected chi connectivity index (χ2v) is 2.93. The van der Waals surface area contributed by atoms with Gasteiger partial charge in [-0.05, 0) is 12.8 Å². The Morgan fingerprint density at radius 3 is 3.09 bits per heavy atom. The number of rotatable bonds is 3. The lowest BCUT2D eigenvalue weighted by Crippen LogP contribution is -2.11. The molecule has 0 radical (unpaired) electrons. The summed E-state index contributed by atoms with van der Waals surface area (Å²) in [5.74, 6) is 0. The average Bonchev–Trinajstić information content (AvgIpc) is 2.37. The summed E-state index contributed by atoms with van der Waals surface area (Å²) in [4.78, 5) is 0.848. The molecule has 1 fully saturated rings. The second kappa shape index (κ2) is 4.34. The summed E-state index contributed by atoms with van der Waals surface area (Å²) in [7, 11) is 0. The highest BCUT2D eigenvalue weighted by molar-refractivity contribution is 7.80. The summed E-state index contributed by atoms with van der Waals surface area (Å²) in [6.45, 7) is 3.83. The minimum atomic E-state index is 0.784. The van der Waals surface area contributed by atoms with Gasteiger partial charge in [-0.2, -0.15) is 0 Å². The quantitative estimate of drug-likeness (QED) is 0.302. The molecule has 0 aromatic rings. The van der Waals surface area contributed by atoms with Crippen molar-refractivity contribution in [3.63, 3.8) is 0 Å². The molecule has 1 aliphatic heterocycles. The molecule has 0 atom stereocenters. The lowest BCUT2D eigenvalue weighted by Gasteiger charge is -1.98. The molecule has 0 aromatic heterocycles. The Bertz CT molecular complexity index is 177. The normalized spacial score (nSPS) is 20.5. The molecule has 2 nitrogen and oxygen atoms in total. The van der Waals surface area contributed by atoms with Crippen molar-refractivity contribution in [2.24, 2.45) is 0 Å². The van der Waals surface area contributed by atoms with Crippen molar-refractivity contribution in [3.05, 3.63) is 11.8 Å². The molecule has 0 bridgehead atoms. The second-order valence-electron chi connectivity index (χ2n) is 2.52. The summed E-state index contributed by atoms with van der Waals surface area (Å²) < 4.78 is 5.25. The topological polar surface area (TPSA) is 21.3 Å². The third kappa shape index (κ3) is 2.50. The number of thiocarbonyl (C=S) groups is 1. The van der Waals surface area contributed by atoms with E-state index >= 15 is 0 Å². The van der Waals surface area contributed by atoms with Crippen LogP contribution in [0.25, 0.3) is 0 Å². The van der Waals surface area contributed by atoms with E-state index in [1.165, 1.54) is 0 Å². The van der Waals surface area contributed by atoms with E-state index in [1.807, 2.05) is 0 Å². The van der Waals surface area contributed by atoms with Crippen molar-refractivity contribution in [1.82, 2.24) is 5.32 Å². The van der Waals surface area contributed by atoms with Gasteiger partial charge >= 0.3 is 0 Å². The van der Waals surface area contributed by atoms with Crippen molar-refractivity contribution < 1.29 is 4.74 Å². The molecule has 1 N–H and O–H groups in total. The Kier molecular flexibility index (Phi) is 3.36. The van der Waals surface area contributed by atoms with Crippen molar-refractivity contribution in [2.75, 3.05) is 13.2 Å². The van der Waals surface area contributed by atoms with Gasteiger partial charge in [0.05, 0.1) is 12.9 Å². The van der Waals surface area contributed by atoms with Gasteiger partial charge in [0.15, 0.2) is 0 Å². The third-order valence-corrected chi connectivity index (χ3v) is 1.93. The standard InChI is InChI=1S/C8H13NOS/c1-2-5-10-6-7-3-4-9-8(7)11/h6H,2-5H2,1H3,(H,9,11)/b7-6+. The van der Waals surface area contributed by atoms with Crippen LogP contribution in [-0.4, -0.2) is 18.1 Å². The van der Waals surface area contributed by atoms with E-state index in [0.717, 1.165) is 36.6 Å². The van der Waals surface area contributed by atoms with E-state index in [2.05, 4.69) is 12.2 Å². The van der Waals surface area contributed by atoms with Crippen LogP contribution in [0, 0.1) is 0 Å². The smallest absolute Gasteiger partial charge is 0.105 e. The van der Waals surface area contributed by atoms with Crippen LogP contribution in [0.15, 0.2) is 11.8 Å². The Morgan fingerprint density at radius 1 is 1.73 bits per heavy atom. The highest BCUT2D eigenvalue weighted by Crippen LogP contribution is 2.08. The maximum absolute atomic E-state index is 5.25. The van der Waals surface area contributed by atoms with Crippen LogP contribution in [0.1, 0.15) is 19.8 Å². The highest BCUT2D eigenvalue weighted by atomic mass is 32.1. The Labute approximate surface area is 72.6 Å². The van der Waals surface area contributed by atoms with Crippen LogP contribution in [-0.2, 0) is 4.74 Å². The highest BCUT2D eigenvalue weighted by Gasteiger charge is 2.11. The molecule has 0 unspecified atom stereocenters. The summed E-state index contributed by atoms with van der Waals surface area (Å²) in [6, 6.07) is 0. The number of nitrogens with one attached hydrogen (secondary N) is 1. The molecule has 0 saturated carbocycles. The van der Waals surface area contributed by atoms with E-state index < -0.39 is 0 Å². The predicted octanol–water partition coefficient (Wildman–Crippen LogP) is 1.62. The molecule has 0 amide bonds. The fourth-order valence-electron chi connectivity index (χ4n) is 0.928. The van der Waals surface area contributed by atoms with Gasteiger partial charge in [0.25, 0.3) is 0 Å². The SMILES string of the molecule is CCCO/C=C1\CCNC1=S. The van der Waals surface area contributed by atoms with Crippen LogP contribution in [0.5, 0.6) is 0 Å². The molecule has 0 spiro atoms. The van der Waals surface area contributed by atoms with Gasteiger partial charge in [-0.15, -0.1) is 0 Å². The maximum atomic E-state index is 5.25. The first-order chi connectivity index (χ1) is 5.34. The lowest BCUT2D eigenvalue weighted by molar-refractivity contribution is 0.248. The maximum Gasteiger partial charge on any atom is 0.105 e.